The highest BCUT2D eigenvalue weighted by atomic mass is 15.2. The van der Waals surface area contributed by atoms with Crippen LogP contribution in [-0.4, -0.2) is 49.6 Å². The Bertz CT molecular complexity index is 279. The lowest BCUT2D eigenvalue weighted by molar-refractivity contribution is 0.206. The van der Waals surface area contributed by atoms with Crippen LogP contribution in [-0.2, 0) is 0 Å². The Labute approximate surface area is 131 Å². The molecule has 0 atom stereocenters. The third-order valence-electron chi connectivity index (χ3n) is 4.47. The zero-order valence-electron chi connectivity index (χ0n) is 14.6. The molecule has 0 aliphatic carbocycles. The Kier molecular flexibility index (Phi) is 9.48. The van der Waals surface area contributed by atoms with Gasteiger partial charge in [-0.05, 0) is 38.6 Å². The molecule has 1 aliphatic heterocycles. The molecule has 1 fully saturated rings. The van der Waals surface area contributed by atoms with Crippen molar-refractivity contribution in [2.75, 3.05) is 32.7 Å². The van der Waals surface area contributed by atoms with Crippen molar-refractivity contribution in [3.8, 4) is 0 Å². The molecule has 0 saturated carbocycles. The maximum atomic E-state index is 4.79. The van der Waals surface area contributed by atoms with E-state index in [-0.39, 0.29) is 0 Å². The summed E-state index contributed by atoms with van der Waals surface area (Å²) in [7, 11) is 0. The van der Waals surface area contributed by atoms with E-state index in [0.717, 1.165) is 19.0 Å². The fourth-order valence-corrected chi connectivity index (χ4v) is 2.90. The van der Waals surface area contributed by atoms with Gasteiger partial charge in [0.1, 0.15) is 0 Å². The molecule has 4 heteroatoms. The first-order valence-electron chi connectivity index (χ1n) is 9.00. The second-order valence-electron chi connectivity index (χ2n) is 6.16. The first-order valence-corrected chi connectivity index (χ1v) is 9.00. The van der Waals surface area contributed by atoms with Gasteiger partial charge in [0.05, 0.1) is 0 Å². The van der Waals surface area contributed by atoms with Crippen LogP contribution in [0.15, 0.2) is 4.99 Å². The van der Waals surface area contributed by atoms with Crippen molar-refractivity contribution in [1.82, 2.24) is 15.5 Å². The molecule has 1 heterocycles. The molecule has 0 aromatic carbocycles. The highest BCUT2D eigenvalue weighted by Crippen LogP contribution is 2.11. The quantitative estimate of drug-likeness (QED) is 0.534. The zero-order chi connectivity index (χ0) is 15.5. The Morgan fingerprint density at radius 3 is 2.33 bits per heavy atom. The summed E-state index contributed by atoms with van der Waals surface area (Å²) in [6.07, 6.45) is 6.16. The predicted octanol–water partition coefficient (Wildman–Crippen LogP) is 2.85. The number of hydrogen-bond acceptors (Lipinski definition) is 2. The average molecular weight is 297 g/mol. The summed E-state index contributed by atoms with van der Waals surface area (Å²) in [5.74, 6) is 1.73. The minimum atomic E-state index is 0.581. The number of likely N-dealkylation sites (tertiary alicyclic amines) is 1. The molecule has 1 saturated heterocycles. The van der Waals surface area contributed by atoms with Crippen molar-refractivity contribution in [1.29, 1.82) is 0 Å². The average Bonchev–Trinajstić information content (AvgIpc) is 2.50. The van der Waals surface area contributed by atoms with Crippen molar-refractivity contribution >= 4 is 5.96 Å². The van der Waals surface area contributed by atoms with Crippen LogP contribution in [0, 0.1) is 5.92 Å². The summed E-state index contributed by atoms with van der Waals surface area (Å²) in [5, 5.41) is 7.03. The van der Waals surface area contributed by atoms with Crippen molar-refractivity contribution in [2.45, 2.75) is 65.8 Å². The van der Waals surface area contributed by atoms with E-state index in [2.05, 4.69) is 43.2 Å². The van der Waals surface area contributed by atoms with Gasteiger partial charge in [-0.3, -0.25) is 4.99 Å². The molecule has 124 valence electrons. The standard InChI is InChI=1S/C17H36N4/c1-5-11-21-12-9-16(10-13-21)20-17(18-8-4)19-14-15(6-2)7-3/h15-16H,5-14H2,1-4H3,(H2,18,19,20). The van der Waals surface area contributed by atoms with Gasteiger partial charge in [0, 0.05) is 32.2 Å². The van der Waals surface area contributed by atoms with Crippen LogP contribution in [0.5, 0.6) is 0 Å². The molecule has 0 aromatic heterocycles. The van der Waals surface area contributed by atoms with Gasteiger partial charge < -0.3 is 15.5 Å². The van der Waals surface area contributed by atoms with Crippen LogP contribution in [0.2, 0.25) is 0 Å². The minimum Gasteiger partial charge on any atom is -0.357 e. The van der Waals surface area contributed by atoms with E-state index in [9.17, 15) is 0 Å². The van der Waals surface area contributed by atoms with Crippen molar-refractivity contribution in [3.05, 3.63) is 0 Å². The van der Waals surface area contributed by atoms with E-state index in [4.69, 9.17) is 4.99 Å². The van der Waals surface area contributed by atoms with Gasteiger partial charge in [-0.15, -0.1) is 0 Å². The molecular formula is C17H36N4. The van der Waals surface area contributed by atoms with Gasteiger partial charge in [-0.1, -0.05) is 33.6 Å². The molecule has 0 unspecified atom stereocenters. The highest BCUT2D eigenvalue weighted by molar-refractivity contribution is 5.80. The lowest BCUT2D eigenvalue weighted by atomic mass is 10.0. The van der Waals surface area contributed by atoms with Crippen LogP contribution < -0.4 is 10.6 Å². The third kappa shape index (κ3) is 7.16. The predicted molar refractivity (Wildman–Crippen MR) is 92.9 cm³/mol. The molecule has 0 aromatic rings. The van der Waals surface area contributed by atoms with Gasteiger partial charge in [0.25, 0.3) is 0 Å². The zero-order valence-corrected chi connectivity index (χ0v) is 14.6. The Morgan fingerprint density at radius 1 is 1.14 bits per heavy atom. The maximum Gasteiger partial charge on any atom is 0.191 e. The fraction of sp³-hybridized carbons (Fsp3) is 0.941. The molecule has 21 heavy (non-hydrogen) atoms. The first kappa shape index (κ1) is 18.3. The van der Waals surface area contributed by atoms with Crippen molar-refractivity contribution < 1.29 is 0 Å². The molecule has 2 N–H and O–H groups in total. The van der Waals surface area contributed by atoms with E-state index in [0.29, 0.717) is 12.0 Å². The molecule has 0 spiro atoms. The Morgan fingerprint density at radius 2 is 1.81 bits per heavy atom. The van der Waals surface area contributed by atoms with Crippen LogP contribution in [0.4, 0.5) is 0 Å². The smallest absolute Gasteiger partial charge is 0.191 e. The molecule has 0 amide bonds. The molecule has 1 rings (SSSR count). The maximum absolute atomic E-state index is 4.79. The number of hydrogen-bond donors (Lipinski definition) is 2. The molecule has 0 bridgehead atoms. The van der Waals surface area contributed by atoms with E-state index in [1.807, 2.05) is 0 Å². The number of aliphatic imine (C=N–C) groups is 1. The Hall–Kier alpha value is -0.770. The summed E-state index contributed by atoms with van der Waals surface area (Å²) in [6, 6.07) is 0.581. The van der Waals surface area contributed by atoms with Crippen molar-refractivity contribution in [2.24, 2.45) is 10.9 Å². The number of nitrogens with zero attached hydrogens (tertiary/aromatic N) is 2. The van der Waals surface area contributed by atoms with Gasteiger partial charge in [0.2, 0.25) is 0 Å². The molecule has 4 nitrogen and oxygen atoms in total. The van der Waals surface area contributed by atoms with Crippen LogP contribution >= 0.6 is 0 Å². The monoisotopic (exact) mass is 296 g/mol. The number of piperidine rings is 1. The van der Waals surface area contributed by atoms with Gasteiger partial charge in [-0.25, -0.2) is 0 Å². The molecule has 0 radical (unpaired) electrons. The SMILES string of the molecule is CCCN1CCC(NC(=NCC(CC)CC)NCC)CC1. The van der Waals surface area contributed by atoms with E-state index < -0.39 is 0 Å². The van der Waals surface area contributed by atoms with Crippen LogP contribution in [0.1, 0.15) is 59.8 Å². The number of nitrogens with one attached hydrogen (secondary N) is 2. The number of guanidine groups is 1. The number of rotatable bonds is 8. The largest absolute Gasteiger partial charge is 0.357 e. The summed E-state index contributed by atoms with van der Waals surface area (Å²) < 4.78 is 0. The summed E-state index contributed by atoms with van der Waals surface area (Å²) >= 11 is 0. The van der Waals surface area contributed by atoms with E-state index in [1.54, 1.807) is 0 Å². The third-order valence-corrected chi connectivity index (χ3v) is 4.47. The van der Waals surface area contributed by atoms with Gasteiger partial charge >= 0.3 is 0 Å². The molecular weight excluding hydrogens is 260 g/mol. The van der Waals surface area contributed by atoms with Gasteiger partial charge in [-0.2, -0.15) is 0 Å². The van der Waals surface area contributed by atoms with Crippen LogP contribution in [0.25, 0.3) is 0 Å². The van der Waals surface area contributed by atoms with Crippen LogP contribution in [0.3, 0.4) is 0 Å². The Balaban J connectivity index is 2.42. The first-order chi connectivity index (χ1) is 10.2. The minimum absolute atomic E-state index is 0.581. The molecule has 1 aliphatic rings. The normalized spacial score (nSPS) is 18.2. The topological polar surface area (TPSA) is 39.7 Å². The summed E-state index contributed by atoms with van der Waals surface area (Å²) in [5.41, 5.74) is 0. The fourth-order valence-electron chi connectivity index (χ4n) is 2.90. The second kappa shape index (κ2) is 10.9. The van der Waals surface area contributed by atoms with Crippen molar-refractivity contribution in [3.63, 3.8) is 0 Å². The highest BCUT2D eigenvalue weighted by Gasteiger charge is 2.19. The second-order valence-corrected chi connectivity index (χ2v) is 6.16. The summed E-state index contributed by atoms with van der Waals surface area (Å²) in [6.45, 7) is 14.5. The summed E-state index contributed by atoms with van der Waals surface area (Å²) in [4.78, 5) is 7.36. The van der Waals surface area contributed by atoms with Gasteiger partial charge in [0.15, 0.2) is 5.96 Å². The van der Waals surface area contributed by atoms with E-state index in [1.165, 1.54) is 51.7 Å². The van der Waals surface area contributed by atoms with E-state index >= 15 is 0 Å². The lowest BCUT2D eigenvalue weighted by Gasteiger charge is -2.32. The lowest BCUT2D eigenvalue weighted by Crippen LogP contribution is -2.48.